The fourth-order valence-electron chi connectivity index (χ4n) is 1.52. The van der Waals surface area contributed by atoms with E-state index < -0.39 is 0 Å². The van der Waals surface area contributed by atoms with Crippen molar-refractivity contribution in [2.75, 3.05) is 33.9 Å². The van der Waals surface area contributed by atoms with Crippen molar-refractivity contribution in [1.29, 1.82) is 0 Å². The minimum Gasteiger partial charge on any atom is -0.383 e. The number of rotatable bonds is 7. The Hall–Kier alpha value is -0.520. The number of halogens is 3. The van der Waals surface area contributed by atoms with E-state index in [9.17, 15) is 4.79 Å². The Morgan fingerprint density at radius 2 is 2.10 bits per heavy atom. The van der Waals surface area contributed by atoms with E-state index in [1.165, 1.54) is 0 Å². The zero-order chi connectivity index (χ0) is 14.3. The minimum absolute atomic E-state index is 0. The molecule has 0 spiro atoms. The first-order chi connectivity index (χ1) is 9.06. The Morgan fingerprint density at radius 1 is 1.40 bits per heavy atom. The Bertz CT molecular complexity index is 430. The number of amides is 1. The lowest BCUT2D eigenvalue weighted by atomic mass is 10.2. The van der Waals surface area contributed by atoms with E-state index >= 15 is 0 Å². The molecule has 0 aliphatic heterocycles. The molecule has 1 N–H and O–H groups in total. The van der Waals surface area contributed by atoms with Gasteiger partial charge in [-0.05, 0) is 11.6 Å². The van der Waals surface area contributed by atoms with Crippen LogP contribution in [-0.2, 0) is 16.1 Å². The van der Waals surface area contributed by atoms with Gasteiger partial charge in [-0.1, -0.05) is 35.3 Å². The molecule has 4 nitrogen and oxygen atoms in total. The first-order valence-electron chi connectivity index (χ1n) is 5.92. The van der Waals surface area contributed by atoms with Gasteiger partial charge in [-0.25, -0.2) is 0 Å². The van der Waals surface area contributed by atoms with Gasteiger partial charge < -0.3 is 15.0 Å². The van der Waals surface area contributed by atoms with Crippen molar-refractivity contribution in [3.8, 4) is 0 Å². The van der Waals surface area contributed by atoms with Crippen LogP contribution in [0.4, 0.5) is 0 Å². The quantitative estimate of drug-likeness (QED) is 0.775. The van der Waals surface area contributed by atoms with Crippen molar-refractivity contribution in [1.82, 2.24) is 10.2 Å². The molecule has 7 heteroatoms. The van der Waals surface area contributed by atoms with Gasteiger partial charge in [0.2, 0.25) is 5.91 Å². The number of hydrogen-bond acceptors (Lipinski definition) is 3. The van der Waals surface area contributed by atoms with Crippen molar-refractivity contribution in [3.05, 3.63) is 33.8 Å². The van der Waals surface area contributed by atoms with Crippen molar-refractivity contribution in [2.45, 2.75) is 6.54 Å². The maximum atomic E-state index is 11.9. The van der Waals surface area contributed by atoms with Gasteiger partial charge >= 0.3 is 0 Å². The van der Waals surface area contributed by atoms with Crippen LogP contribution in [0.15, 0.2) is 18.2 Å². The maximum absolute atomic E-state index is 11.9. The van der Waals surface area contributed by atoms with Gasteiger partial charge in [0.25, 0.3) is 0 Å². The van der Waals surface area contributed by atoms with E-state index in [-0.39, 0.29) is 24.9 Å². The number of benzene rings is 1. The highest BCUT2D eigenvalue weighted by molar-refractivity contribution is 6.42. The molecule has 0 bridgehead atoms. The van der Waals surface area contributed by atoms with Crippen LogP contribution >= 0.6 is 35.6 Å². The van der Waals surface area contributed by atoms with Gasteiger partial charge in [-0.15, -0.1) is 12.4 Å². The normalized spacial score (nSPS) is 10.0. The van der Waals surface area contributed by atoms with Crippen LogP contribution < -0.4 is 5.32 Å². The SMILES string of the molecule is COCCNCC(=O)N(C)Cc1cccc(Cl)c1Cl.Cl. The molecule has 20 heavy (non-hydrogen) atoms. The zero-order valence-electron chi connectivity index (χ0n) is 11.5. The van der Waals surface area contributed by atoms with Gasteiger partial charge in [0, 0.05) is 27.2 Å². The smallest absolute Gasteiger partial charge is 0.236 e. The van der Waals surface area contributed by atoms with Crippen molar-refractivity contribution >= 4 is 41.5 Å². The Balaban J connectivity index is 0.00000361. The third-order valence-electron chi connectivity index (χ3n) is 2.62. The summed E-state index contributed by atoms with van der Waals surface area (Å²) in [5, 5.41) is 4.00. The van der Waals surface area contributed by atoms with Gasteiger partial charge in [-0.2, -0.15) is 0 Å². The molecule has 0 saturated carbocycles. The van der Waals surface area contributed by atoms with Gasteiger partial charge in [0.15, 0.2) is 0 Å². The number of carbonyl (C=O) groups is 1. The summed E-state index contributed by atoms with van der Waals surface area (Å²) in [6.45, 7) is 1.94. The minimum atomic E-state index is -0.00727. The molecule has 0 aliphatic carbocycles. The number of carbonyl (C=O) groups excluding carboxylic acids is 1. The molecule has 114 valence electrons. The first-order valence-corrected chi connectivity index (χ1v) is 6.68. The van der Waals surface area contributed by atoms with Crippen molar-refractivity contribution < 1.29 is 9.53 Å². The molecule has 0 atom stereocenters. The topological polar surface area (TPSA) is 41.6 Å². The van der Waals surface area contributed by atoms with Crippen molar-refractivity contribution in [3.63, 3.8) is 0 Å². The molecule has 0 fully saturated rings. The second-order valence-corrected chi connectivity index (χ2v) is 4.92. The largest absolute Gasteiger partial charge is 0.383 e. The predicted molar refractivity (Wildman–Crippen MR) is 84.9 cm³/mol. The van der Waals surface area contributed by atoms with Crippen LogP contribution in [0.2, 0.25) is 10.0 Å². The highest BCUT2D eigenvalue weighted by Crippen LogP contribution is 2.26. The molecule has 0 aromatic heterocycles. The summed E-state index contributed by atoms with van der Waals surface area (Å²) in [4.78, 5) is 13.5. The molecule has 1 amide bonds. The average Bonchev–Trinajstić information content (AvgIpc) is 2.39. The average molecular weight is 342 g/mol. The number of likely N-dealkylation sites (N-methyl/N-ethyl adjacent to an activating group) is 1. The van der Waals surface area contributed by atoms with Crippen LogP contribution in [0.3, 0.4) is 0 Å². The second-order valence-electron chi connectivity index (χ2n) is 4.13. The summed E-state index contributed by atoms with van der Waals surface area (Å²) >= 11 is 12.0. The van der Waals surface area contributed by atoms with Crippen LogP contribution in [0.5, 0.6) is 0 Å². The summed E-state index contributed by atoms with van der Waals surface area (Å²) in [7, 11) is 3.36. The van der Waals surface area contributed by atoms with Crippen LogP contribution in [0.25, 0.3) is 0 Å². The van der Waals surface area contributed by atoms with Crippen LogP contribution in [-0.4, -0.2) is 44.7 Å². The third kappa shape index (κ3) is 6.29. The number of hydrogen-bond donors (Lipinski definition) is 1. The van der Waals surface area contributed by atoms with Gasteiger partial charge in [0.1, 0.15) is 0 Å². The highest BCUT2D eigenvalue weighted by Gasteiger charge is 2.11. The molecule has 0 unspecified atom stereocenters. The maximum Gasteiger partial charge on any atom is 0.236 e. The standard InChI is InChI=1S/C13H18Cl2N2O2.ClH/c1-17(12(18)8-16-6-7-19-2)9-10-4-3-5-11(14)13(10)15;/h3-5,16H,6-9H2,1-2H3;1H. The van der Waals surface area contributed by atoms with E-state index in [2.05, 4.69) is 5.32 Å². The molecule has 0 radical (unpaired) electrons. The van der Waals surface area contributed by atoms with Gasteiger partial charge in [0.05, 0.1) is 23.2 Å². The monoisotopic (exact) mass is 340 g/mol. The fourth-order valence-corrected chi connectivity index (χ4v) is 1.90. The molecule has 1 rings (SSSR count). The highest BCUT2D eigenvalue weighted by atomic mass is 35.5. The third-order valence-corrected chi connectivity index (χ3v) is 3.48. The molecule has 0 aliphatic rings. The zero-order valence-corrected chi connectivity index (χ0v) is 13.8. The van der Waals surface area contributed by atoms with Crippen LogP contribution in [0.1, 0.15) is 5.56 Å². The summed E-state index contributed by atoms with van der Waals surface area (Å²) in [6, 6.07) is 5.40. The molecule has 1 aromatic carbocycles. The first kappa shape index (κ1) is 19.5. The van der Waals surface area contributed by atoms with E-state index in [0.29, 0.717) is 29.7 Å². The lowest BCUT2D eigenvalue weighted by molar-refractivity contribution is -0.129. The summed E-state index contributed by atoms with van der Waals surface area (Å²) < 4.78 is 4.89. The van der Waals surface area contributed by atoms with Crippen LogP contribution in [0, 0.1) is 0 Å². The Kier molecular flexibility index (Phi) is 9.98. The predicted octanol–water partition coefficient (Wildman–Crippen LogP) is 2.61. The lowest BCUT2D eigenvalue weighted by Gasteiger charge is -2.18. The number of nitrogens with zero attached hydrogens (tertiary/aromatic N) is 1. The van der Waals surface area contributed by atoms with Crippen molar-refractivity contribution in [2.24, 2.45) is 0 Å². The molecule has 0 saturated heterocycles. The molecular weight excluding hydrogens is 323 g/mol. The van der Waals surface area contributed by atoms with Gasteiger partial charge in [-0.3, -0.25) is 4.79 Å². The second kappa shape index (κ2) is 10.2. The van der Waals surface area contributed by atoms with E-state index in [4.69, 9.17) is 27.9 Å². The summed E-state index contributed by atoms with van der Waals surface area (Å²) in [5.41, 5.74) is 0.835. The molecular formula is C13H19Cl3N2O2. The Labute approximate surface area is 135 Å². The summed E-state index contributed by atoms with van der Waals surface area (Å²) in [6.07, 6.45) is 0. The fraction of sp³-hybridized carbons (Fsp3) is 0.462. The molecule has 1 aromatic rings. The van der Waals surface area contributed by atoms with E-state index in [1.54, 1.807) is 25.1 Å². The van der Waals surface area contributed by atoms with E-state index in [0.717, 1.165) is 5.56 Å². The Morgan fingerprint density at radius 3 is 2.75 bits per heavy atom. The number of nitrogens with one attached hydrogen (secondary N) is 1. The molecule has 0 heterocycles. The number of methoxy groups -OCH3 is 1. The summed E-state index contributed by atoms with van der Waals surface area (Å²) in [5.74, 6) is -0.00727. The van der Waals surface area contributed by atoms with E-state index in [1.807, 2.05) is 12.1 Å². The lowest BCUT2D eigenvalue weighted by Crippen LogP contribution is -2.36. The number of ether oxygens (including phenoxy) is 1.